The summed E-state index contributed by atoms with van der Waals surface area (Å²) in [4.78, 5) is 0.107. The SMILES string of the molecule is Nc1cccc(S(=O)(=O)Nc2ccc3c(c2)OCO3)c1. The van der Waals surface area contributed by atoms with E-state index in [-0.39, 0.29) is 11.7 Å². The third-order valence-electron chi connectivity index (χ3n) is 2.79. The van der Waals surface area contributed by atoms with E-state index >= 15 is 0 Å². The number of nitrogens with two attached hydrogens (primary N) is 1. The minimum Gasteiger partial charge on any atom is -0.454 e. The zero-order valence-electron chi connectivity index (χ0n) is 10.4. The van der Waals surface area contributed by atoms with Gasteiger partial charge in [-0.25, -0.2) is 8.42 Å². The number of anilines is 2. The predicted molar refractivity (Wildman–Crippen MR) is 74.2 cm³/mol. The highest BCUT2D eigenvalue weighted by Gasteiger charge is 2.18. The average molecular weight is 292 g/mol. The van der Waals surface area contributed by atoms with Gasteiger partial charge < -0.3 is 15.2 Å². The van der Waals surface area contributed by atoms with Crippen molar-refractivity contribution in [1.82, 2.24) is 0 Å². The Kier molecular flexibility index (Phi) is 2.90. The second-order valence-electron chi connectivity index (χ2n) is 4.25. The molecule has 0 atom stereocenters. The molecule has 0 fully saturated rings. The monoisotopic (exact) mass is 292 g/mol. The van der Waals surface area contributed by atoms with Crippen LogP contribution in [0.15, 0.2) is 47.4 Å². The Morgan fingerprint density at radius 2 is 1.85 bits per heavy atom. The van der Waals surface area contributed by atoms with Gasteiger partial charge in [0.15, 0.2) is 11.5 Å². The molecule has 0 aliphatic carbocycles. The Hall–Kier alpha value is -2.41. The van der Waals surface area contributed by atoms with Gasteiger partial charge >= 0.3 is 0 Å². The molecule has 0 amide bonds. The summed E-state index contributed by atoms with van der Waals surface area (Å²) in [5, 5.41) is 0. The molecule has 3 rings (SSSR count). The van der Waals surface area contributed by atoms with Crippen LogP contribution in [0.5, 0.6) is 11.5 Å². The Morgan fingerprint density at radius 1 is 1.05 bits per heavy atom. The number of nitrogen functional groups attached to an aromatic ring is 1. The lowest BCUT2D eigenvalue weighted by molar-refractivity contribution is 0.174. The van der Waals surface area contributed by atoms with Gasteiger partial charge in [-0.2, -0.15) is 0 Å². The van der Waals surface area contributed by atoms with Crippen LogP contribution in [0.1, 0.15) is 0 Å². The minimum atomic E-state index is -3.68. The van der Waals surface area contributed by atoms with Crippen LogP contribution >= 0.6 is 0 Å². The molecular formula is C13H12N2O4S. The third-order valence-corrected chi connectivity index (χ3v) is 4.17. The van der Waals surface area contributed by atoms with E-state index < -0.39 is 10.0 Å². The molecule has 1 aliphatic heterocycles. The van der Waals surface area contributed by atoms with E-state index in [1.165, 1.54) is 12.1 Å². The Bertz CT molecular complexity index is 759. The van der Waals surface area contributed by atoms with Crippen molar-refractivity contribution in [2.24, 2.45) is 0 Å². The molecule has 2 aromatic carbocycles. The number of hydrogen-bond donors (Lipinski definition) is 2. The molecule has 0 saturated carbocycles. The number of sulfonamides is 1. The lowest BCUT2D eigenvalue weighted by Gasteiger charge is -2.09. The molecule has 20 heavy (non-hydrogen) atoms. The van der Waals surface area contributed by atoms with E-state index in [0.717, 1.165) is 0 Å². The lowest BCUT2D eigenvalue weighted by Crippen LogP contribution is -2.13. The summed E-state index contributed by atoms with van der Waals surface area (Å²) in [6.07, 6.45) is 0. The van der Waals surface area contributed by atoms with Gasteiger partial charge in [0.1, 0.15) is 0 Å². The van der Waals surface area contributed by atoms with Crippen LogP contribution in [0.4, 0.5) is 11.4 Å². The van der Waals surface area contributed by atoms with Gasteiger partial charge in [0.05, 0.1) is 10.6 Å². The van der Waals surface area contributed by atoms with Gasteiger partial charge in [0.2, 0.25) is 6.79 Å². The molecule has 1 aliphatic rings. The maximum Gasteiger partial charge on any atom is 0.261 e. The summed E-state index contributed by atoms with van der Waals surface area (Å²) < 4.78 is 37.3. The van der Waals surface area contributed by atoms with Crippen molar-refractivity contribution in [3.05, 3.63) is 42.5 Å². The van der Waals surface area contributed by atoms with Crippen LogP contribution in [0, 0.1) is 0 Å². The lowest BCUT2D eigenvalue weighted by atomic mass is 10.3. The van der Waals surface area contributed by atoms with Gasteiger partial charge in [-0.05, 0) is 30.3 Å². The second-order valence-corrected chi connectivity index (χ2v) is 5.93. The van der Waals surface area contributed by atoms with Crippen molar-refractivity contribution in [2.45, 2.75) is 4.90 Å². The highest BCUT2D eigenvalue weighted by atomic mass is 32.2. The molecule has 0 saturated heterocycles. The molecule has 104 valence electrons. The van der Waals surface area contributed by atoms with Crippen molar-refractivity contribution in [1.29, 1.82) is 0 Å². The fraction of sp³-hybridized carbons (Fsp3) is 0.0769. The molecule has 3 N–H and O–H groups in total. The standard InChI is InChI=1S/C13H12N2O4S/c14-9-2-1-3-11(6-9)20(16,17)15-10-4-5-12-13(7-10)19-8-18-12/h1-7,15H,8,14H2. The number of fused-ring (bicyclic) bond motifs is 1. The summed E-state index contributed by atoms with van der Waals surface area (Å²) in [5.41, 5.74) is 6.38. The number of hydrogen-bond acceptors (Lipinski definition) is 5. The Labute approximate surface area is 116 Å². The summed E-state index contributed by atoms with van der Waals surface area (Å²) in [6, 6.07) is 10.9. The van der Waals surface area contributed by atoms with Gasteiger partial charge in [0, 0.05) is 11.8 Å². The first-order chi connectivity index (χ1) is 9.54. The molecule has 0 unspecified atom stereocenters. The highest BCUT2D eigenvalue weighted by Crippen LogP contribution is 2.34. The smallest absolute Gasteiger partial charge is 0.261 e. The maximum absolute atomic E-state index is 12.2. The molecule has 6 nitrogen and oxygen atoms in total. The fourth-order valence-corrected chi connectivity index (χ4v) is 2.96. The minimum absolute atomic E-state index is 0.107. The Morgan fingerprint density at radius 3 is 2.65 bits per heavy atom. The molecule has 7 heteroatoms. The van der Waals surface area contributed by atoms with E-state index in [9.17, 15) is 8.42 Å². The van der Waals surface area contributed by atoms with Crippen LogP contribution in [-0.2, 0) is 10.0 Å². The van der Waals surface area contributed by atoms with Gasteiger partial charge in [-0.15, -0.1) is 0 Å². The van der Waals surface area contributed by atoms with E-state index in [2.05, 4.69) is 4.72 Å². The van der Waals surface area contributed by atoms with E-state index in [1.54, 1.807) is 30.3 Å². The number of ether oxygens (including phenoxy) is 2. The summed E-state index contributed by atoms with van der Waals surface area (Å²) in [6.45, 7) is 0.140. The molecule has 0 spiro atoms. The van der Waals surface area contributed by atoms with E-state index in [4.69, 9.17) is 15.2 Å². The summed E-state index contributed by atoms with van der Waals surface area (Å²) >= 11 is 0. The molecule has 1 heterocycles. The molecule has 0 radical (unpaired) electrons. The van der Waals surface area contributed by atoms with Gasteiger partial charge in [-0.1, -0.05) is 6.07 Å². The topological polar surface area (TPSA) is 90.7 Å². The van der Waals surface area contributed by atoms with Gasteiger partial charge in [-0.3, -0.25) is 4.72 Å². The van der Waals surface area contributed by atoms with Crippen LogP contribution in [0.3, 0.4) is 0 Å². The average Bonchev–Trinajstić information content (AvgIpc) is 2.85. The number of nitrogens with one attached hydrogen (secondary N) is 1. The molecule has 0 bridgehead atoms. The quantitative estimate of drug-likeness (QED) is 0.842. The summed E-state index contributed by atoms with van der Waals surface area (Å²) in [7, 11) is -3.68. The van der Waals surface area contributed by atoms with Crippen LogP contribution in [-0.4, -0.2) is 15.2 Å². The second kappa shape index (κ2) is 4.61. The normalized spacial score (nSPS) is 13.2. The first-order valence-corrected chi connectivity index (χ1v) is 7.31. The van der Waals surface area contributed by atoms with Crippen molar-refractivity contribution in [3.63, 3.8) is 0 Å². The predicted octanol–water partition coefficient (Wildman–Crippen LogP) is 1.80. The number of rotatable bonds is 3. The van der Waals surface area contributed by atoms with E-state index in [0.29, 0.717) is 22.9 Å². The van der Waals surface area contributed by atoms with Crippen molar-refractivity contribution >= 4 is 21.4 Å². The van der Waals surface area contributed by atoms with Crippen molar-refractivity contribution in [3.8, 4) is 11.5 Å². The zero-order chi connectivity index (χ0) is 14.2. The molecule has 0 aromatic heterocycles. The molecular weight excluding hydrogens is 280 g/mol. The fourth-order valence-electron chi connectivity index (χ4n) is 1.86. The van der Waals surface area contributed by atoms with Crippen molar-refractivity contribution in [2.75, 3.05) is 17.2 Å². The first-order valence-electron chi connectivity index (χ1n) is 5.83. The third kappa shape index (κ3) is 2.35. The Balaban J connectivity index is 1.90. The molecule has 2 aromatic rings. The van der Waals surface area contributed by atoms with Crippen LogP contribution in [0.2, 0.25) is 0 Å². The highest BCUT2D eigenvalue weighted by molar-refractivity contribution is 7.92. The number of benzene rings is 2. The largest absolute Gasteiger partial charge is 0.454 e. The van der Waals surface area contributed by atoms with Crippen LogP contribution < -0.4 is 19.9 Å². The first kappa shape index (κ1) is 12.6. The zero-order valence-corrected chi connectivity index (χ0v) is 11.2. The van der Waals surface area contributed by atoms with Crippen molar-refractivity contribution < 1.29 is 17.9 Å². The van der Waals surface area contributed by atoms with E-state index in [1.807, 2.05) is 0 Å². The van der Waals surface area contributed by atoms with Gasteiger partial charge in [0.25, 0.3) is 10.0 Å². The summed E-state index contributed by atoms with van der Waals surface area (Å²) in [5.74, 6) is 1.11. The van der Waals surface area contributed by atoms with Crippen LogP contribution in [0.25, 0.3) is 0 Å². The maximum atomic E-state index is 12.2.